The minimum absolute atomic E-state index is 0.104. The number of aryl methyl sites for hydroxylation is 2. The van der Waals surface area contributed by atoms with Crippen LogP contribution in [0.3, 0.4) is 0 Å². The maximum Gasteiger partial charge on any atom is 0.0976 e. The van der Waals surface area contributed by atoms with E-state index in [2.05, 4.69) is 41.0 Å². The molecule has 0 saturated carbocycles. The Morgan fingerprint density at radius 2 is 1.90 bits per heavy atom. The average molecular weight is 283 g/mol. The SMILES string of the molecule is CCC(C#N)N1CCN(Cc2ccc3c(c2)CCC3)CC1. The van der Waals surface area contributed by atoms with E-state index < -0.39 is 0 Å². The molecule has 1 aromatic carbocycles. The molecule has 1 aliphatic carbocycles. The maximum absolute atomic E-state index is 9.16. The van der Waals surface area contributed by atoms with E-state index in [1.54, 1.807) is 11.1 Å². The van der Waals surface area contributed by atoms with E-state index in [4.69, 9.17) is 5.26 Å². The van der Waals surface area contributed by atoms with Gasteiger partial charge in [-0.05, 0) is 42.4 Å². The number of rotatable bonds is 4. The standard InChI is InChI=1S/C18H25N3/c1-2-18(13-19)21-10-8-20(9-11-21)14-15-6-7-16-4-3-5-17(16)12-15/h6-7,12,18H,2-5,8-11,14H2,1H3. The lowest BCUT2D eigenvalue weighted by Gasteiger charge is -2.36. The molecule has 0 radical (unpaired) electrons. The molecule has 1 unspecified atom stereocenters. The molecule has 3 nitrogen and oxygen atoms in total. The fourth-order valence-corrected chi connectivity index (χ4v) is 3.65. The Kier molecular flexibility index (Phi) is 4.57. The maximum atomic E-state index is 9.16. The minimum Gasteiger partial charge on any atom is -0.297 e. The van der Waals surface area contributed by atoms with Crippen LogP contribution in [0.1, 0.15) is 36.5 Å². The highest BCUT2D eigenvalue weighted by molar-refractivity contribution is 5.35. The Hall–Kier alpha value is -1.37. The van der Waals surface area contributed by atoms with Crippen molar-refractivity contribution < 1.29 is 0 Å². The first-order valence-electron chi connectivity index (χ1n) is 8.27. The fourth-order valence-electron chi connectivity index (χ4n) is 3.65. The second kappa shape index (κ2) is 6.60. The van der Waals surface area contributed by atoms with Gasteiger partial charge in [0.2, 0.25) is 0 Å². The Balaban J connectivity index is 1.55. The first-order valence-corrected chi connectivity index (χ1v) is 8.27. The summed E-state index contributed by atoms with van der Waals surface area (Å²) in [7, 11) is 0. The van der Waals surface area contributed by atoms with Gasteiger partial charge in [-0.15, -0.1) is 0 Å². The van der Waals surface area contributed by atoms with Gasteiger partial charge < -0.3 is 0 Å². The summed E-state index contributed by atoms with van der Waals surface area (Å²) in [6.45, 7) is 7.37. The molecule has 21 heavy (non-hydrogen) atoms. The van der Waals surface area contributed by atoms with Crippen molar-refractivity contribution in [2.45, 2.75) is 45.2 Å². The molecule has 1 aromatic rings. The topological polar surface area (TPSA) is 30.3 Å². The molecule has 0 bridgehead atoms. The Bertz CT molecular complexity index is 524. The van der Waals surface area contributed by atoms with Crippen LogP contribution < -0.4 is 0 Å². The molecular weight excluding hydrogens is 258 g/mol. The van der Waals surface area contributed by atoms with Gasteiger partial charge in [-0.2, -0.15) is 5.26 Å². The van der Waals surface area contributed by atoms with Crippen LogP contribution in [0.25, 0.3) is 0 Å². The van der Waals surface area contributed by atoms with E-state index in [0.717, 1.165) is 39.1 Å². The highest BCUT2D eigenvalue weighted by atomic mass is 15.3. The monoisotopic (exact) mass is 283 g/mol. The number of nitrogens with zero attached hydrogens (tertiary/aromatic N) is 3. The van der Waals surface area contributed by atoms with Crippen LogP contribution in [0.15, 0.2) is 18.2 Å². The molecule has 1 aliphatic heterocycles. The predicted molar refractivity (Wildman–Crippen MR) is 85.0 cm³/mol. The van der Waals surface area contributed by atoms with Crippen LogP contribution in [-0.4, -0.2) is 42.0 Å². The van der Waals surface area contributed by atoms with Gasteiger partial charge in [0.1, 0.15) is 0 Å². The van der Waals surface area contributed by atoms with Crippen molar-refractivity contribution in [3.05, 3.63) is 34.9 Å². The van der Waals surface area contributed by atoms with Crippen molar-refractivity contribution in [2.75, 3.05) is 26.2 Å². The normalized spacial score (nSPS) is 21.0. The van der Waals surface area contributed by atoms with Crippen LogP contribution in [0, 0.1) is 11.3 Å². The van der Waals surface area contributed by atoms with Crippen molar-refractivity contribution >= 4 is 0 Å². The summed E-state index contributed by atoms with van der Waals surface area (Å²) in [5.41, 5.74) is 4.58. The smallest absolute Gasteiger partial charge is 0.0976 e. The summed E-state index contributed by atoms with van der Waals surface area (Å²) >= 11 is 0. The number of nitriles is 1. The van der Waals surface area contributed by atoms with Crippen LogP contribution in [0.2, 0.25) is 0 Å². The fraction of sp³-hybridized carbons (Fsp3) is 0.611. The van der Waals surface area contributed by atoms with Gasteiger partial charge in [0, 0.05) is 32.7 Å². The molecule has 1 heterocycles. The molecule has 3 rings (SSSR count). The Morgan fingerprint density at radius 1 is 1.14 bits per heavy atom. The quantitative estimate of drug-likeness (QED) is 0.851. The summed E-state index contributed by atoms with van der Waals surface area (Å²) < 4.78 is 0. The number of fused-ring (bicyclic) bond motifs is 1. The molecular formula is C18H25N3. The Morgan fingerprint density at radius 3 is 2.62 bits per heavy atom. The summed E-state index contributed by atoms with van der Waals surface area (Å²) in [6.07, 6.45) is 4.78. The van der Waals surface area contributed by atoms with Gasteiger partial charge >= 0.3 is 0 Å². The first-order chi connectivity index (χ1) is 10.3. The van der Waals surface area contributed by atoms with Crippen molar-refractivity contribution in [3.8, 4) is 6.07 Å². The molecule has 112 valence electrons. The van der Waals surface area contributed by atoms with Gasteiger partial charge in [0.15, 0.2) is 0 Å². The zero-order valence-electron chi connectivity index (χ0n) is 13.0. The summed E-state index contributed by atoms with van der Waals surface area (Å²) in [6, 6.07) is 9.58. The third-order valence-electron chi connectivity index (χ3n) is 4.95. The van der Waals surface area contributed by atoms with Crippen LogP contribution in [-0.2, 0) is 19.4 Å². The molecule has 3 heteroatoms. The van der Waals surface area contributed by atoms with Crippen molar-refractivity contribution in [1.82, 2.24) is 9.80 Å². The van der Waals surface area contributed by atoms with Gasteiger partial charge in [-0.1, -0.05) is 25.1 Å². The first kappa shape index (κ1) is 14.6. The largest absolute Gasteiger partial charge is 0.297 e. The number of hydrogen-bond donors (Lipinski definition) is 0. The molecule has 1 atom stereocenters. The summed E-state index contributed by atoms with van der Waals surface area (Å²) in [4.78, 5) is 4.86. The van der Waals surface area contributed by atoms with Crippen LogP contribution >= 0.6 is 0 Å². The van der Waals surface area contributed by atoms with Gasteiger partial charge in [0.25, 0.3) is 0 Å². The van der Waals surface area contributed by atoms with Crippen molar-refractivity contribution in [1.29, 1.82) is 5.26 Å². The highest BCUT2D eigenvalue weighted by Gasteiger charge is 2.22. The molecule has 1 fully saturated rings. The zero-order chi connectivity index (χ0) is 14.7. The Labute approximate surface area is 128 Å². The van der Waals surface area contributed by atoms with E-state index in [1.165, 1.54) is 24.8 Å². The second-order valence-corrected chi connectivity index (χ2v) is 6.32. The predicted octanol–water partition coefficient (Wildman–Crippen LogP) is 2.60. The minimum atomic E-state index is 0.104. The van der Waals surface area contributed by atoms with Crippen LogP contribution in [0.5, 0.6) is 0 Å². The molecule has 0 amide bonds. The lowest BCUT2D eigenvalue weighted by Crippen LogP contribution is -2.49. The lowest BCUT2D eigenvalue weighted by atomic mass is 10.1. The van der Waals surface area contributed by atoms with E-state index >= 15 is 0 Å². The summed E-state index contributed by atoms with van der Waals surface area (Å²) in [5, 5.41) is 9.16. The van der Waals surface area contributed by atoms with Crippen LogP contribution in [0.4, 0.5) is 0 Å². The van der Waals surface area contributed by atoms with Gasteiger partial charge in [-0.3, -0.25) is 9.80 Å². The summed E-state index contributed by atoms with van der Waals surface area (Å²) in [5.74, 6) is 0. The third kappa shape index (κ3) is 3.28. The number of benzene rings is 1. The average Bonchev–Trinajstić information content (AvgIpc) is 2.98. The molecule has 0 spiro atoms. The molecule has 0 N–H and O–H groups in total. The number of piperazine rings is 1. The van der Waals surface area contributed by atoms with E-state index in [1.807, 2.05) is 0 Å². The highest BCUT2D eigenvalue weighted by Crippen LogP contribution is 2.23. The van der Waals surface area contributed by atoms with E-state index in [0.29, 0.717) is 0 Å². The lowest BCUT2D eigenvalue weighted by molar-refractivity contribution is 0.108. The number of hydrogen-bond acceptors (Lipinski definition) is 3. The van der Waals surface area contributed by atoms with Crippen molar-refractivity contribution in [2.24, 2.45) is 0 Å². The van der Waals surface area contributed by atoms with E-state index in [-0.39, 0.29) is 6.04 Å². The molecule has 2 aliphatic rings. The van der Waals surface area contributed by atoms with Gasteiger partial charge in [0.05, 0.1) is 12.1 Å². The zero-order valence-corrected chi connectivity index (χ0v) is 13.0. The second-order valence-electron chi connectivity index (χ2n) is 6.32. The van der Waals surface area contributed by atoms with Crippen molar-refractivity contribution in [3.63, 3.8) is 0 Å². The van der Waals surface area contributed by atoms with E-state index in [9.17, 15) is 0 Å². The third-order valence-corrected chi connectivity index (χ3v) is 4.95. The molecule has 0 aromatic heterocycles. The van der Waals surface area contributed by atoms with Gasteiger partial charge in [-0.25, -0.2) is 0 Å². The molecule has 1 saturated heterocycles.